The van der Waals surface area contributed by atoms with E-state index in [2.05, 4.69) is 6.07 Å². The molecule has 0 aromatic heterocycles. The number of Topliss-reactive ketones (excluding diaryl/α,β-unsaturated/α-hetero) is 1. The van der Waals surface area contributed by atoms with Crippen LogP contribution in [0, 0.1) is 16.7 Å². The Morgan fingerprint density at radius 1 is 1.33 bits per heavy atom. The van der Waals surface area contributed by atoms with E-state index in [0.29, 0.717) is 36.4 Å². The highest BCUT2D eigenvalue weighted by Crippen LogP contribution is 2.33. The van der Waals surface area contributed by atoms with Crippen molar-refractivity contribution in [1.29, 1.82) is 5.26 Å². The van der Waals surface area contributed by atoms with Gasteiger partial charge in [0.2, 0.25) is 0 Å². The Morgan fingerprint density at radius 3 is 2.67 bits per heavy atom. The first-order valence-corrected chi connectivity index (χ1v) is 6.85. The second-order valence-corrected chi connectivity index (χ2v) is 5.77. The van der Waals surface area contributed by atoms with Gasteiger partial charge in [0, 0.05) is 12.6 Å². The maximum atomic E-state index is 12.1. The molecular weight excluding hydrogens is 268 g/mol. The van der Waals surface area contributed by atoms with Gasteiger partial charge in [-0.25, -0.2) is 0 Å². The van der Waals surface area contributed by atoms with E-state index < -0.39 is 17.1 Å². The molecule has 0 unspecified atom stereocenters. The van der Waals surface area contributed by atoms with Crippen LogP contribution in [0.3, 0.4) is 0 Å². The van der Waals surface area contributed by atoms with E-state index >= 15 is 0 Å². The second kappa shape index (κ2) is 5.57. The van der Waals surface area contributed by atoms with E-state index in [0.717, 1.165) is 0 Å². The van der Waals surface area contributed by atoms with Crippen molar-refractivity contribution in [2.24, 2.45) is 5.41 Å². The van der Waals surface area contributed by atoms with Gasteiger partial charge in [0.15, 0.2) is 0 Å². The molecule has 1 aromatic carbocycles. The summed E-state index contributed by atoms with van der Waals surface area (Å²) in [7, 11) is 1.54. The summed E-state index contributed by atoms with van der Waals surface area (Å²) >= 11 is 0. The maximum Gasteiger partial charge on any atom is 0.299 e. The summed E-state index contributed by atoms with van der Waals surface area (Å²) in [5, 5.41) is 9.00. The molecule has 0 radical (unpaired) electrons. The average molecular weight is 286 g/mol. The molecule has 0 aliphatic carbocycles. The lowest BCUT2D eigenvalue weighted by molar-refractivity contribution is -0.114. The zero-order chi connectivity index (χ0) is 15.6. The van der Waals surface area contributed by atoms with Gasteiger partial charge in [-0.3, -0.25) is 9.59 Å². The summed E-state index contributed by atoms with van der Waals surface area (Å²) in [6.45, 7) is 4.15. The minimum Gasteiger partial charge on any atom is -0.497 e. The van der Waals surface area contributed by atoms with Gasteiger partial charge in [-0.1, -0.05) is 0 Å². The third-order valence-corrected chi connectivity index (χ3v) is 3.67. The number of nitriles is 1. The fourth-order valence-electron chi connectivity index (χ4n) is 2.36. The molecule has 5 nitrogen and oxygen atoms in total. The molecule has 1 heterocycles. The number of carbonyl (C=O) groups is 2. The molecule has 2 rings (SSSR count). The molecule has 0 fully saturated rings. The fourth-order valence-corrected chi connectivity index (χ4v) is 2.36. The van der Waals surface area contributed by atoms with Crippen LogP contribution in [0.2, 0.25) is 0 Å². The molecule has 0 saturated heterocycles. The highest BCUT2D eigenvalue weighted by atomic mass is 16.5. The number of methoxy groups -OCH3 is 1. The van der Waals surface area contributed by atoms with Crippen LogP contribution in [0.1, 0.15) is 37.0 Å². The van der Waals surface area contributed by atoms with Crippen LogP contribution in [0.25, 0.3) is 0 Å². The fraction of sp³-hybridized carbons (Fsp3) is 0.438. The lowest BCUT2D eigenvalue weighted by Gasteiger charge is -2.20. The van der Waals surface area contributed by atoms with Gasteiger partial charge < -0.3 is 9.64 Å². The zero-order valence-corrected chi connectivity index (χ0v) is 12.5. The van der Waals surface area contributed by atoms with Crippen molar-refractivity contribution in [1.82, 2.24) is 0 Å². The topological polar surface area (TPSA) is 70.4 Å². The van der Waals surface area contributed by atoms with Crippen molar-refractivity contribution in [3.05, 3.63) is 23.8 Å². The predicted molar refractivity (Wildman–Crippen MR) is 78.3 cm³/mol. The standard InChI is InChI=1S/C16H18N2O3/c1-16(2,10-17)7-4-8-18-13-9-11(21-3)5-6-12(13)14(19)15(18)20/h5-6,9H,4,7-8H2,1-3H3. The molecule has 5 heteroatoms. The molecule has 1 aliphatic rings. The molecule has 0 N–H and O–H groups in total. The van der Waals surface area contributed by atoms with Crippen molar-refractivity contribution in [3.63, 3.8) is 0 Å². The van der Waals surface area contributed by atoms with Crippen LogP contribution in [0.15, 0.2) is 18.2 Å². The van der Waals surface area contributed by atoms with Gasteiger partial charge in [-0.2, -0.15) is 5.26 Å². The Bertz CT molecular complexity index is 629. The summed E-state index contributed by atoms with van der Waals surface area (Å²) in [6.07, 6.45) is 1.33. The minimum atomic E-state index is -0.506. The zero-order valence-electron chi connectivity index (χ0n) is 12.5. The molecule has 0 saturated carbocycles. The van der Waals surface area contributed by atoms with Crippen LogP contribution in [-0.4, -0.2) is 25.3 Å². The van der Waals surface area contributed by atoms with Gasteiger partial charge in [0.05, 0.1) is 29.8 Å². The maximum absolute atomic E-state index is 12.1. The summed E-state index contributed by atoms with van der Waals surface area (Å²) < 4.78 is 5.14. The number of nitrogens with zero attached hydrogens (tertiary/aromatic N) is 2. The van der Waals surface area contributed by atoms with E-state index in [1.807, 2.05) is 13.8 Å². The number of rotatable bonds is 5. The van der Waals surface area contributed by atoms with E-state index in [1.54, 1.807) is 25.3 Å². The molecule has 0 bridgehead atoms. The molecule has 1 aromatic rings. The highest BCUT2D eigenvalue weighted by Gasteiger charge is 2.35. The Morgan fingerprint density at radius 2 is 2.05 bits per heavy atom. The van der Waals surface area contributed by atoms with Crippen molar-refractivity contribution < 1.29 is 14.3 Å². The van der Waals surface area contributed by atoms with Gasteiger partial charge in [0.1, 0.15) is 5.75 Å². The molecule has 110 valence electrons. The molecule has 1 aliphatic heterocycles. The first-order chi connectivity index (χ1) is 9.89. The Hall–Kier alpha value is -2.35. The van der Waals surface area contributed by atoms with Crippen molar-refractivity contribution in [3.8, 4) is 11.8 Å². The predicted octanol–water partition coefficient (Wildman–Crippen LogP) is 2.55. The van der Waals surface area contributed by atoms with E-state index in [9.17, 15) is 9.59 Å². The third kappa shape index (κ3) is 2.89. The van der Waals surface area contributed by atoms with E-state index in [1.165, 1.54) is 4.90 Å². The Labute approximate surface area is 124 Å². The van der Waals surface area contributed by atoms with Crippen LogP contribution >= 0.6 is 0 Å². The van der Waals surface area contributed by atoms with Gasteiger partial charge in [-0.15, -0.1) is 0 Å². The van der Waals surface area contributed by atoms with Crippen LogP contribution in [0.5, 0.6) is 5.75 Å². The number of ketones is 1. The van der Waals surface area contributed by atoms with Crippen LogP contribution in [-0.2, 0) is 4.79 Å². The number of carbonyl (C=O) groups excluding carboxylic acids is 2. The number of anilines is 1. The quantitative estimate of drug-likeness (QED) is 0.780. The van der Waals surface area contributed by atoms with Crippen LogP contribution in [0.4, 0.5) is 5.69 Å². The molecule has 1 amide bonds. The number of hydrogen-bond acceptors (Lipinski definition) is 4. The molecule has 21 heavy (non-hydrogen) atoms. The number of fused-ring (bicyclic) bond motifs is 1. The SMILES string of the molecule is COc1ccc2c(c1)N(CCCC(C)(C)C#N)C(=O)C2=O. The van der Waals surface area contributed by atoms with Crippen molar-refractivity contribution in [2.45, 2.75) is 26.7 Å². The number of benzene rings is 1. The number of ether oxygens (including phenoxy) is 1. The summed E-state index contributed by atoms with van der Waals surface area (Å²) in [5.74, 6) is -0.376. The first-order valence-electron chi connectivity index (χ1n) is 6.85. The van der Waals surface area contributed by atoms with Crippen molar-refractivity contribution in [2.75, 3.05) is 18.6 Å². The molecule has 0 atom stereocenters. The van der Waals surface area contributed by atoms with Crippen molar-refractivity contribution >= 4 is 17.4 Å². The highest BCUT2D eigenvalue weighted by molar-refractivity contribution is 6.52. The molecular formula is C16H18N2O3. The van der Waals surface area contributed by atoms with Gasteiger partial charge in [0.25, 0.3) is 11.7 Å². The summed E-state index contributed by atoms with van der Waals surface area (Å²) in [6, 6.07) is 7.23. The molecule has 0 spiro atoms. The van der Waals surface area contributed by atoms with Gasteiger partial charge >= 0.3 is 0 Å². The largest absolute Gasteiger partial charge is 0.497 e. The lowest BCUT2D eigenvalue weighted by Crippen LogP contribution is -2.31. The summed E-state index contributed by atoms with van der Waals surface area (Å²) in [4.78, 5) is 25.5. The Balaban J connectivity index is 2.17. The lowest BCUT2D eigenvalue weighted by atomic mass is 9.90. The normalized spacial score (nSPS) is 14.1. The third-order valence-electron chi connectivity index (χ3n) is 3.67. The monoisotopic (exact) mass is 286 g/mol. The Kier molecular flexibility index (Phi) is 3.99. The first kappa shape index (κ1) is 15.0. The van der Waals surface area contributed by atoms with Crippen LogP contribution < -0.4 is 9.64 Å². The second-order valence-electron chi connectivity index (χ2n) is 5.77. The number of hydrogen-bond donors (Lipinski definition) is 0. The van der Waals surface area contributed by atoms with E-state index in [-0.39, 0.29) is 0 Å². The van der Waals surface area contributed by atoms with E-state index in [4.69, 9.17) is 10.00 Å². The number of amides is 1. The summed E-state index contributed by atoms with van der Waals surface area (Å²) in [5.41, 5.74) is 0.587. The minimum absolute atomic E-state index is 0.417. The average Bonchev–Trinajstić information content (AvgIpc) is 2.71. The smallest absolute Gasteiger partial charge is 0.299 e. The van der Waals surface area contributed by atoms with Gasteiger partial charge in [-0.05, 0) is 38.8 Å².